The monoisotopic (exact) mass is 255 g/mol. The summed E-state index contributed by atoms with van der Waals surface area (Å²) in [6.07, 6.45) is 4.84. The molecule has 1 amide bonds. The zero-order valence-corrected chi connectivity index (χ0v) is 11.5. The Morgan fingerprint density at radius 1 is 1.65 bits per heavy atom. The smallest absolute Gasteiger partial charge is 0.268 e. The normalized spacial score (nSPS) is 12.4. The van der Waals surface area contributed by atoms with Gasteiger partial charge in [0.2, 0.25) is 0 Å². The summed E-state index contributed by atoms with van der Waals surface area (Å²) in [5.41, 5.74) is 6.97. The van der Waals surface area contributed by atoms with Crippen molar-refractivity contribution in [3.63, 3.8) is 0 Å². The van der Waals surface area contributed by atoms with Crippen LogP contribution in [0.25, 0.3) is 0 Å². The third kappa shape index (κ3) is 4.00. The predicted octanol–water partition coefficient (Wildman–Crippen LogP) is 1.96. The van der Waals surface area contributed by atoms with Crippen molar-refractivity contribution >= 4 is 23.4 Å². The Morgan fingerprint density at radius 3 is 2.94 bits per heavy atom. The standard InChI is InChI=1S/C12H21N3OS/c1-4-15-8-10(13)7-11(15)12(16)14-9(2)5-6-17-3/h7-9H,4-6,13H2,1-3H3,(H,14,16). The molecule has 4 nitrogen and oxygen atoms in total. The molecule has 3 N–H and O–H groups in total. The maximum Gasteiger partial charge on any atom is 0.268 e. The number of nitrogens with two attached hydrogens (primary N) is 1. The van der Waals surface area contributed by atoms with Gasteiger partial charge in [-0.15, -0.1) is 0 Å². The number of hydrogen-bond donors (Lipinski definition) is 2. The SMILES string of the molecule is CCn1cc(N)cc1C(=O)NC(C)CCSC. The van der Waals surface area contributed by atoms with Crippen molar-refractivity contribution in [3.8, 4) is 0 Å². The van der Waals surface area contributed by atoms with Gasteiger partial charge in [-0.2, -0.15) is 11.8 Å². The molecule has 1 unspecified atom stereocenters. The number of amides is 1. The molecule has 0 aliphatic carbocycles. The Balaban J connectivity index is 2.62. The minimum Gasteiger partial charge on any atom is -0.397 e. The fraction of sp³-hybridized carbons (Fsp3) is 0.583. The molecular weight excluding hydrogens is 234 g/mol. The van der Waals surface area contributed by atoms with E-state index < -0.39 is 0 Å². The molecule has 0 radical (unpaired) electrons. The molecule has 1 rings (SSSR count). The summed E-state index contributed by atoms with van der Waals surface area (Å²) in [6.45, 7) is 4.77. The van der Waals surface area contributed by atoms with Crippen LogP contribution in [0.4, 0.5) is 5.69 Å². The first kappa shape index (κ1) is 14.0. The molecule has 1 aromatic rings. The number of aryl methyl sites for hydroxylation is 1. The Labute approximate surface area is 107 Å². The molecule has 0 saturated heterocycles. The molecule has 0 fully saturated rings. The number of hydrogen-bond acceptors (Lipinski definition) is 3. The molecule has 96 valence electrons. The molecule has 0 bridgehead atoms. The van der Waals surface area contributed by atoms with E-state index in [9.17, 15) is 4.79 Å². The van der Waals surface area contributed by atoms with Gasteiger partial charge in [-0.25, -0.2) is 0 Å². The molecule has 5 heteroatoms. The fourth-order valence-corrected chi connectivity index (χ4v) is 2.24. The number of carbonyl (C=O) groups excluding carboxylic acids is 1. The van der Waals surface area contributed by atoms with E-state index in [2.05, 4.69) is 11.6 Å². The van der Waals surface area contributed by atoms with Crippen LogP contribution in [0.1, 0.15) is 30.8 Å². The van der Waals surface area contributed by atoms with Crippen LogP contribution in [-0.2, 0) is 6.54 Å². The van der Waals surface area contributed by atoms with Crippen LogP contribution in [0.15, 0.2) is 12.3 Å². The lowest BCUT2D eigenvalue weighted by Crippen LogP contribution is -2.34. The summed E-state index contributed by atoms with van der Waals surface area (Å²) in [4.78, 5) is 12.0. The highest BCUT2D eigenvalue weighted by molar-refractivity contribution is 7.98. The molecule has 0 aliphatic heterocycles. The second kappa shape index (κ2) is 6.59. The van der Waals surface area contributed by atoms with Crippen LogP contribution in [-0.4, -0.2) is 28.5 Å². The van der Waals surface area contributed by atoms with Crippen LogP contribution in [0.3, 0.4) is 0 Å². The highest BCUT2D eigenvalue weighted by Gasteiger charge is 2.14. The van der Waals surface area contributed by atoms with E-state index in [0.717, 1.165) is 18.7 Å². The van der Waals surface area contributed by atoms with Crippen LogP contribution in [0.2, 0.25) is 0 Å². The van der Waals surface area contributed by atoms with Gasteiger partial charge in [0.1, 0.15) is 5.69 Å². The van der Waals surface area contributed by atoms with E-state index in [1.165, 1.54) is 0 Å². The first-order chi connectivity index (χ1) is 8.08. The van der Waals surface area contributed by atoms with E-state index in [1.807, 2.05) is 18.4 Å². The van der Waals surface area contributed by atoms with Gasteiger partial charge in [0, 0.05) is 18.8 Å². The third-order valence-corrected chi connectivity index (χ3v) is 3.27. The Bertz CT molecular complexity index is 376. The molecule has 0 spiro atoms. The van der Waals surface area contributed by atoms with E-state index in [1.54, 1.807) is 24.0 Å². The number of carbonyl (C=O) groups is 1. The van der Waals surface area contributed by atoms with Crippen molar-refractivity contribution in [2.75, 3.05) is 17.7 Å². The van der Waals surface area contributed by atoms with E-state index >= 15 is 0 Å². The van der Waals surface area contributed by atoms with Crippen LogP contribution in [0.5, 0.6) is 0 Å². The van der Waals surface area contributed by atoms with Crippen molar-refractivity contribution in [1.82, 2.24) is 9.88 Å². The maximum atomic E-state index is 12.0. The first-order valence-electron chi connectivity index (χ1n) is 5.84. The minimum atomic E-state index is -0.0443. The zero-order valence-electron chi connectivity index (χ0n) is 10.7. The Morgan fingerprint density at radius 2 is 2.35 bits per heavy atom. The first-order valence-corrected chi connectivity index (χ1v) is 7.23. The summed E-state index contributed by atoms with van der Waals surface area (Å²) in [7, 11) is 0. The van der Waals surface area contributed by atoms with E-state index in [-0.39, 0.29) is 11.9 Å². The van der Waals surface area contributed by atoms with Gasteiger partial charge in [0.05, 0.1) is 5.69 Å². The van der Waals surface area contributed by atoms with Gasteiger partial charge < -0.3 is 15.6 Å². The lowest BCUT2D eigenvalue weighted by atomic mass is 10.2. The van der Waals surface area contributed by atoms with Gasteiger partial charge >= 0.3 is 0 Å². The van der Waals surface area contributed by atoms with Gasteiger partial charge in [0.15, 0.2) is 0 Å². The number of rotatable bonds is 6. The van der Waals surface area contributed by atoms with Gasteiger partial charge in [-0.05, 0) is 38.3 Å². The topological polar surface area (TPSA) is 60.0 Å². The summed E-state index contributed by atoms with van der Waals surface area (Å²) in [6, 6.07) is 1.91. The molecule has 0 saturated carbocycles. The summed E-state index contributed by atoms with van der Waals surface area (Å²) >= 11 is 1.79. The third-order valence-electron chi connectivity index (χ3n) is 2.62. The van der Waals surface area contributed by atoms with Crippen molar-refractivity contribution in [2.24, 2.45) is 0 Å². The highest BCUT2D eigenvalue weighted by Crippen LogP contribution is 2.11. The number of anilines is 1. The van der Waals surface area contributed by atoms with Crippen molar-refractivity contribution in [1.29, 1.82) is 0 Å². The van der Waals surface area contributed by atoms with Gasteiger partial charge in [-0.3, -0.25) is 4.79 Å². The van der Waals surface area contributed by atoms with Gasteiger partial charge in [-0.1, -0.05) is 0 Å². The molecular formula is C12H21N3OS. The molecule has 0 aromatic carbocycles. The number of thioether (sulfide) groups is 1. The molecule has 1 aromatic heterocycles. The van der Waals surface area contributed by atoms with Crippen LogP contribution >= 0.6 is 11.8 Å². The maximum absolute atomic E-state index is 12.0. The lowest BCUT2D eigenvalue weighted by molar-refractivity contribution is 0.0930. The summed E-state index contributed by atoms with van der Waals surface area (Å²) < 4.78 is 1.87. The lowest BCUT2D eigenvalue weighted by Gasteiger charge is -2.14. The van der Waals surface area contributed by atoms with Crippen molar-refractivity contribution in [2.45, 2.75) is 32.9 Å². The van der Waals surface area contributed by atoms with Crippen molar-refractivity contribution < 1.29 is 4.79 Å². The average molecular weight is 255 g/mol. The van der Waals surface area contributed by atoms with Gasteiger partial charge in [0.25, 0.3) is 5.91 Å². The zero-order chi connectivity index (χ0) is 12.8. The molecule has 1 atom stereocenters. The summed E-state index contributed by atoms with van der Waals surface area (Å²) in [5.74, 6) is 1.01. The van der Waals surface area contributed by atoms with Crippen LogP contribution in [0, 0.1) is 0 Å². The largest absolute Gasteiger partial charge is 0.397 e. The van der Waals surface area contributed by atoms with E-state index in [4.69, 9.17) is 5.73 Å². The average Bonchev–Trinajstić information content (AvgIpc) is 2.67. The molecule has 1 heterocycles. The van der Waals surface area contributed by atoms with Crippen LogP contribution < -0.4 is 11.1 Å². The molecule has 17 heavy (non-hydrogen) atoms. The second-order valence-corrected chi connectivity index (χ2v) is 5.09. The number of nitrogen functional groups attached to an aromatic ring is 1. The quantitative estimate of drug-likeness (QED) is 0.817. The molecule has 0 aliphatic rings. The van der Waals surface area contributed by atoms with Crippen molar-refractivity contribution in [3.05, 3.63) is 18.0 Å². The fourth-order valence-electron chi connectivity index (χ4n) is 1.65. The Kier molecular flexibility index (Phi) is 5.41. The predicted molar refractivity (Wildman–Crippen MR) is 74.4 cm³/mol. The number of aromatic nitrogens is 1. The second-order valence-electron chi connectivity index (χ2n) is 4.10. The minimum absolute atomic E-state index is 0.0443. The number of nitrogens with zero attached hydrogens (tertiary/aromatic N) is 1. The number of nitrogens with one attached hydrogen (secondary N) is 1. The van der Waals surface area contributed by atoms with E-state index in [0.29, 0.717) is 11.4 Å². The summed E-state index contributed by atoms with van der Waals surface area (Å²) in [5, 5.41) is 2.99. The highest BCUT2D eigenvalue weighted by atomic mass is 32.2. The Hall–Kier alpha value is -1.10.